The molecule has 0 aliphatic carbocycles. The van der Waals surface area contributed by atoms with Gasteiger partial charge in [-0.3, -0.25) is 14.4 Å². The number of carbonyl (C=O) groups is 3. The molecule has 1 atom stereocenters. The van der Waals surface area contributed by atoms with Gasteiger partial charge in [-0.1, -0.05) is 6.92 Å². The number of nitrogens with zero attached hydrogens (tertiary/aromatic N) is 2. The Hall–Kier alpha value is -3.29. The monoisotopic (exact) mass is 413 g/mol. The predicted molar refractivity (Wildman–Crippen MR) is 108 cm³/mol. The number of amides is 3. The van der Waals surface area contributed by atoms with Crippen LogP contribution in [0, 0.1) is 17.6 Å². The van der Waals surface area contributed by atoms with Crippen molar-refractivity contribution in [2.75, 3.05) is 28.2 Å². The maximum atomic E-state index is 13.3. The Morgan fingerprint density at radius 2 is 1.93 bits per heavy atom. The number of halogens is 2. The van der Waals surface area contributed by atoms with Crippen molar-refractivity contribution in [3.05, 3.63) is 53.6 Å². The first-order valence-corrected chi connectivity index (χ1v) is 9.87. The molecule has 6 nitrogen and oxygen atoms in total. The zero-order valence-corrected chi connectivity index (χ0v) is 16.5. The van der Waals surface area contributed by atoms with E-state index in [0.29, 0.717) is 18.7 Å². The second-order valence-electron chi connectivity index (χ2n) is 7.49. The number of carbonyl (C=O) groups excluding carboxylic acids is 3. The molecule has 2 aliphatic heterocycles. The molecule has 0 aromatic heterocycles. The van der Waals surface area contributed by atoms with Crippen LogP contribution >= 0.6 is 0 Å². The van der Waals surface area contributed by atoms with Crippen LogP contribution < -0.4 is 15.1 Å². The van der Waals surface area contributed by atoms with Gasteiger partial charge in [0.2, 0.25) is 17.7 Å². The van der Waals surface area contributed by atoms with Crippen molar-refractivity contribution in [1.82, 2.24) is 0 Å². The molecule has 2 heterocycles. The molecular formula is C22H21F2N3O3. The summed E-state index contributed by atoms with van der Waals surface area (Å²) >= 11 is 0. The first-order chi connectivity index (χ1) is 14.4. The molecule has 1 saturated heterocycles. The van der Waals surface area contributed by atoms with Gasteiger partial charge in [0.1, 0.15) is 0 Å². The van der Waals surface area contributed by atoms with E-state index in [1.54, 1.807) is 15.9 Å². The van der Waals surface area contributed by atoms with Crippen molar-refractivity contribution >= 4 is 34.8 Å². The lowest BCUT2D eigenvalue weighted by molar-refractivity contribution is -0.122. The Morgan fingerprint density at radius 1 is 1.13 bits per heavy atom. The summed E-state index contributed by atoms with van der Waals surface area (Å²) in [6.07, 6.45) is 1.19. The highest BCUT2D eigenvalue weighted by molar-refractivity contribution is 6.04. The summed E-state index contributed by atoms with van der Waals surface area (Å²) in [4.78, 5) is 40.4. The van der Waals surface area contributed by atoms with Gasteiger partial charge in [-0.15, -0.1) is 0 Å². The molecule has 0 unspecified atom stereocenters. The Bertz CT molecular complexity index is 1040. The number of fused-ring (bicyclic) bond motifs is 1. The Labute approximate surface area is 172 Å². The van der Waals surface area contributed by atoms with Gasteiger partial charge in [0.05, 0.1) is 5.92 Å². The predicted octanol–water partition coefficient (Wildman–Crippen LogP) is 3.26. The van der Waals surface area contributed by atoms with Crippen LogP contribution in [0.4, 0.5) is 25.8 Å². The van der Waals surface area contributed by atoms with Gasteiger partial charge in [-0.25, -0.2) is 8.78 Å². The molecule has 0 spiro atoms. The minimum atomic E-state index is -1.05. The highest BCUT2D eigenvalue weighted by Gasteiger charge is 2.36. The third kappa shape index (κ3) is 3.65. The van der Waals surface area contributed by atoms with Crippen molar-refractivity contribution in [1.29, 1.82) is 0 Å². The fourth-order valence-corrected chi connectivity index (χ4v) is 3.96. The second kappa shape index (κ2) is 7.85. The molecule has 4 rings (SSSR count). The SMILES string of the molecule is CCC(=O)N1CCc2cc(N3C[C@H](C(=O)Nc4ccc(F)c(F)c4)CC3=O)ccc21. The van der Waals surface area contributed by atoms with Gasteiger partial charge in [0.15, 0.2) is 11.6 Å². The molecule has 2 aromatic carbocycles. The fraction of sp³-hybridized carbons (Fsp3) is 0.318. The average molecular weight is 413 g/mol. The van der Waals surface area contributed by atoms with Crippen LogP contribution in [0.25, 0.3) is 0 Å². The van der Waals surface area contributed by atoms with E-state index < -0.39 is 23.5 Å². The minimum Gasteiger partial charge on any atom is -0.326 e. The Kier molecular flexibility index (Phi) is 5.24. The maximum absolute atomic E-state index is 13.3. The first kappa shape index (κ1) is 20.0. The van der Waals surface area contributed by atoms with Crippen LogP contribution in [0.15, 0.2) is 36.4 Å². The van der Waals surface area contributed by atoms with E-state index in [1.807, 2.05) is 19.1 Å². The normalized spacial score (nSPS) is 18.0. The highest BCUT2D eigenvalue weighted by Crippen LogP contribution is 2.34. The first-order valence-electron chi connectivity index (χ1n) is 9.87. The molecule has 8 heteroatoms. The summed E-state index contributed by atoms with van der Waals surface area (Å²) in [5, 5.41) is 2.54. The summed E-state index contributed by atoms with van der Waals surface area (Å²) in [7, 11) is 0. The molecule has 1 fully saturated rings. The molecule has 30 heavy (non-hydrogen) atoms. The smallest absolute Gasteiger partial charge is 0.229 e. The molecule has 156 valence electrons. The average Bonchev–Trinajstić information content (AvgIpc) is 3.33. The third-order valence-corrected chi connectivity index (χ3v) is 5.56. The minimum absolute atomic E-state index is 0.0348. The van der Waals surface area contributed by atoms with Crippen LogP contribution in [-0.2, 0) is 20.8 Å². The molecule has 2 aliphatic rings. The van der Waals surface area contributed by atoms with Crippen molar-refractivity contribution in [2.24, 2.45) is 5.92 Å². The summed E-state index contributed by atoms with van der Waals surface area (Å²) < 4.78 is 26.4. The Balaban J connectivity index is 1.47. The zero-order valence-electron chi connectivity index (χ0n) is 16.5. The topological polar surface area (TPSA) is 69.7 Å². The molecule has 0 saturated carbocycles. The summed E-state index contributed by atoms with van der Waals surface area (Å²) in [6.45, 7) is 2.65. The maximum Gasteiger partial charge on any atom is 0.229 e. The van der Waals surface area contributed by atoms with Gasteiger partial charge < -0.3 is 15.1 Å². The van der Waals surface area contributed by atoms with E-state index in [1.165, 1.54) is 6.07 Å². The number of hydrogen-bond acceptors (Lipinski definition) is 3. The number of nitrogens with one attached hydrogen (secondary N) is 1. The van der Waals surface area contributed by atoms with E-state index in [2.05, 4.69) is 5.32 Å². The molecule has 2 aromatic rings. The van der Waals surface area contributed by atoms with Crippen LogP contribution in [0.2, 0.25) is 0 Å². The van der Waals surface area contributed by atoms with Crippen LogP contribution in [0.1, 0.15) is 25.3 Å². The lowest BCUT2D eigenvalue weighted by atomic mass is 10.1. The largest absolute Gasteiger partial charge is 0.326 e. The van der Waals surface area contributed by atoms with Gasteiger partial charge in [0, 0.05) is 49.1 Å². The van der Waals surface area contributed by atoms with Crippen LogP contribution in [0.5, 0.6) is 0 Å². The quantitative estimate of drug-likeness (QED) is 0.837. The number of anilines is 3. The van der Waals surface area contributed by atoms with Crippen LogP contribution in [-0.4, -0.2) is 30.8 Å². The van der Waals surface area contributed by atoms with E-state index >= 15 is 0 Å². The van der Waals surface area contributed by atoms with Gasteiger partial charge in [-0.05, 0) is 42.3 Å². The number of hydrogen-bond donors (Lipinski definition) is 1. The van der Waals surface area contributed by atoms with E-state index in [4.69, 9.17) is 0 Å². The zero-order chi connectivity index (χ0) is 21.4. The highest BCUT2D eigenvalue weighted by atomic mass is 19.2. The van der Waals surface area contributed by atoms with E-state index in [0.717, 1.165) is 29.8 Å². The molecular weight excluding hydrogens is 392 g/mol. The molecule has 0 radical (unpaired) electrons. The van der Waals surface area contributed by atoms with Crippen molar-refractivity contribution in [2.45, 2.75) is 26.2 Å². The lowest BCUT2D eigenvalue weighted by Crippen LogP contribution is -2.28. The number of benzene rings is 2. The van der Waals surface area contributed by atoms with Gasteiger partial charge >= 0.3 is 0 Å². The van der Waals surface area contributed by atoms with E-state index in [9.17, 15) is 23.2 Å². The Morgan fingerprint density at radius 3 is 2.67 bits per heavy atom. The summed E-state index contributed by atoms with van der Waals surface area (Å²) in [6, 6.07) is 8.64. The van der Waals surface area contributed by atoms with E-state index in [-0.39, 0.29) is 30.5 Å². The summed E-state index contributed by atoms with van der Waals surface area (Å²) in [5.74, 6) is -3.18. The molecule has 3 amide bonds. The van der Waals surface area contributed by atoms with Crippen molar-refractivity contribution in [3.63, 3.8) is 0 Å². The fourth-order valence-electron chi connectivity index (χ4n) is 3.96. The molecule has 1 N–H and O–H groups in total. The van der Waals surface area contributed by atoms with Crippen LogP contribution in [0.3, 0.4) is 0 Å². The lowest BCUT2D eigenvalue weighted by Gasteiger charge is -2.20. The van der Waals surface area contributed by atoms with Crippen molar-refractivity contribution < 1.29 is 23.2 Å². The standard InChI is InChI=1S/C22H21F2N3O3/c1-2-20(28)26-8-7-13-9-16(4-6-19(13)26)27-12-14(10-21(27)29)22(30)25-15-3-5-17(23)18(24)11-15/h3-6,9,11,14H,2,7-8,10,12H2,1H3,(H,25,30)/t14-/m1/s1. The number of rotatable bonds is 4. The van der Waals surface area contributed by atoms with Crippen molar-refractivity contribution in [3.8, 4) is 0 Å². The third-order valence-electron chi connectivity index (χ3n) is 5.56. The summed E-state index contributed by atoms with van der Waals surface area (Å²) in [5.41, 5.74) is 2.69. The van der Waals surface area contributed by atoms with Gasteiger partial charge in [0.25, 0.3) is 0 Å². The van der Waals surface area contributed by atoms with Gasteiger partial charge in [-0.2, -0.15) is 0 Å². The molecule has 0 bridgehead atoms. The second-order valence-corrected chi connectivity index (χ2v) is 7.49.